The van der Waals surface area contributed by atoms with Crippen LogP contribution in [0, 0.1) is 0 Å². The zero-order chi connectivity index (χ0) is 10.7. The van der Waals surface area contributed by atoms with E-state index in [4.69, 9.17) is 5.73 Å². The van der Waals surface area contributed by atoms with Crippen LogP contribution < -0.4 is 5.73 Å². The number of aromatic amines is 1. The normalized spacial score (nSPS) is 12.4. The van der Waals surface area contributed by atoms with Crippen molar-refractivity contribution in [2.24, 2.45) is 5.73 Å². The third kappa shape index (κ3) is 2.90. The first-order valence-electron chi connectivity index (χ1n) is 5.00. The Hall–Kier alpha value is -0.710. The zero-order valence-electron chi connectivity index (χ0n) is 9.14. The van der Waals surface area contributed by atoms with Crippen molar-refractivity contribution in [3.05, 3.63) is 30.1 Å². The highest BCUT2D eigenvalue weighted by Crippen LogP contribution is 2.17. The van der Waals surface area contributed by atoms with E-state index in [1.54, 1.807) is 0 Å². The Bertz CT molecular complexity index is 410. The Morgan fingerprint density at radius 2 is 2.19 bits per heavy atom. The smallest absolute Gasteiger partial charge is 0.124 e. The molecular weight excluding hydrogens is 242 g/mol. The molecule has 5 heteroatoms. The molecule has 3 N–H and O–H groups in total. The van der Waals surface area contributed by atoms with Crippen LogP contribution in [0.1, 0.15) is 18.3 Å². The van der Waals surface area contributed by atoms with Gasteiger partial charge in [-0.3, -0.25) is 0 Å². The molecule has 1 aromatic heterocycles. The Morgan fingerprint density at radius 1 is 1.44 bits per heavy atom. The molecule has 2 aromatic rings. The zero-order valence-corrected chi connectivity index (χ0v) is 10.8. The summed E-state index contributed by atoms with van der Waals surface area (Å²) in [6.45, 7) is 0. The third-order valence-corrected chi connectivity index (χ3v) is 3.04. The van der Waals surface area contributed by atoms with Gasteiger partial charge in [0.2, 0.25) is 0 Å². The van der Waals surface area contributed by atoms with Gasteiger partial charge in [-0.1, -0.05) is 12.1 Å². The van der Waals surface area contributed by atoms with Gasteiger partial charge in [-0.2, -0.15) is 11.8 Å². The van der Waals surface area contributed by atoms with Crippen LogP contribution in [0.2, 0.25) is 0 Å². The Kier molecular flexibility index (Phi) is 5.12. The number of hydrogen-bond acceptors (Lipinski definition) is 3. The molecule has 1 unspecified atom stereocenters. The summed E-state index contributed by atoms with van der Waals surface area (Å²) in [5.74, 6) is 1.96. The number of rotatable bonds is 4. The third-order valence-electron chi connectivity index (χ3n) is 2.39. The number of nitrogens with two attached hydrogens (primary N) is 1. The molecule has 0 saturated carbocycles. The Morgan fingerprint density at radius 3 is 2.88 bits per heavy atom. The lowest BCUT2D eigenvalue weighted by Crippen LogP contribution is -2.12. The van der Waals surface area contributed by atoms with Crippen molar-refractivity contribution in [2.45, 2.75) is 12.5 Å². The quantitative estimate of drug-likeness (QED) is 0.886. The number of benzene rings is 1. The molecule has 16 heavy (non-hydrogen) atoms. The maximum atomic E-state index is 6.04. The summed E-state index contributed by atoms with van der Waals surface area (Å²) in [6, 6.07) is 8.02. The number of nitrogens with one attached hydrogen (secondary N) is 1. The molecule has 0 aliphatic carbocycles. The molecule has 3 nitrogen and oxygen atoms in total. The second kappa shape index (κ2) is 6.13. The van der Waals surface area contributed by atoms with Crippen LogP contribution in [0.5, 0.6) is 0 Å². The number of H-pyrrole nitrogens is 1. The fraction of sp³-hybridized carbons (Fsp3) is 0.364. The van der Waals surface area contributed by atoms with Crippen LogP contribution in [-0.2, 0) is 0 Å². The molecule has 0 radical (unpaired) electrons. The van der Waals surface area contributed by atoms with E-state index in [2.05, 4.69) is 16.2 Å². The molecule has 1 heterocycles. The number of para-hydroxylation sites is 2. The van der Waals surface area contributed by atoms with Crippen LogP contribution in [-0.4, -0.2) is 22.0 Å². The van der Waals surface area contributed by atoms with Crippen LogP contribution >= 0.6 is 24.2 Å². The summed E-state index contributed by atoms with van der Waals surface area (Å²) in [5.41, 5.74) is 8.09. The summed E-state index contributed by atoms with van der Waals surface area (Å²) in [7, 11) is 0. The van der Waals surface area contributed by atoms with Crippen molar-refractivity contribution in [1.82, 2.24) is 9.97 Å². The number of fused-ring (bicyclic) bond motifs is 1. The molecule has 0 fully saturated rings. The maximum Gasteiger partial charge on any atom is 0.124 e. The van der Waals surface area contributed by atoms with Gasteiger partial charge in [0, 0.05) is 0 Å². The van der Waals surface area contributed by atoms with Crippen molar-refractivity contribution >= 4 is 35.2 Å². The molecule has 0 aliphatic rings. The predicted octanol–water partition coefficient (Wildman–Crippen LogP) is 2.74. The van der Waals surface area contributed by atoms with Crippen LogP contribution in [0.4, 0.5) is 0 Å². The Labute approximate surface area is 106 Å². The minimum Gasteiger partial charge on any atom is -0.341 e. The highest BCUT2D eigenvalue weighted by atomic mass is 35.5. The lowest BCUT2D eigenvalue weighted by molar-refractivity contribution is 0.666. The standard InChI is InChI=1S/C11H15N3S.ClH/c1-15-7-6-8(12)11-13-9-4-2-3-5-10(9)14-11;/h2-5,8H,6-7,12H2,1H3,(H,13,14);1H. The molecule has 0 spiro atoms. The Balaban J connectivity index is 0.00000128. The average Bonchev–Trinajstić information content (AvgIpc) is 2.69. The summed E-state index contributed by atoms with van der Waals surface area (Å²) >= 11 is 1.81. The highest BCUT2D eigenvalue weighted by molar-refractivity contribution is 7.98. The monoisotopic (exact) mass is 257 g/mol. The van der Waals surface area contributed by atoms with E-state index < -0.39 is 0 Å². The van der Waals surface area contributed by atoms with Gasteiger partial charge in [-0.15, -0.1) is 12.4 Å². The first-order valence-corrected chi connectivity index (χ1v) is 6.40. The maximum absolute atomic E-state index is 6.04. The van der Waals surface area contributed by atoms with Gasteiger partial charge in [-0.25, -0.2) is 4.98 Å². The first kappa shape index (κ1) is 13.4. The van der Waals surface area contributed by atoms with Crippen molar-refractivity contribution in [3.8, 4) is 0 Å². The minimum absolute atomic E-state index is 0. The van der Waals surface area contributed by atoms with Gasteiger partial charge in [0.05, 0.1) is 17.1 Å². The number of halogens is 1. The molecular formula is C11H16ClN3S. The van der Waals surface area contributed by atoms with E-state index >= 15 is 0 Å². The van der Waals surface area contributed by atoms with Crippen molar-refractivity contribution in [2.75, 3.05) is 12.0 Å². The van der Waals surface area contributed by atoms with Gasteiger partial charge in [0.1, 0.15) is 5.82 Å². The summed E-state index contributed by atoms with van der Waals surface area (Å²) in [5, 5.41) is 0. The van der Waals surface area contributed by atoms with Gasteiger partial charge >= 0.3 is 0 Å². The number of aromatic nitrogens is 2. The van der Waals surface area contributed by atoms with Crippen molar-refractivity contribution in [1.29, 1.82) is 0 Å². The van der Waals surface area contributed by atoms with Gasteiger partial charge in [0.25, 0.3) is 0 Å². The fourth-order valence-electron chi connectivity index (χ4n) is 1.53. The van der Waals surface area contributed by atoms with Crippen LogP contribution in [0.15, 0.2) is 24.3 Å². The molecule has 0 bridgehead atoms. The molecule has 88 valence electrons. The van der Waals surface area contributed by atoms with E-state index in [1.807, 2.05) is 36.0 Å². The summed E-state index contributed by atoms with van der Waals surface area (Å²) < 4.78 is 0. The van der Waals surface area contributed by atoms with E-state index in [9.17, 15) is 0 Å². The van der Waals surface area contributed by atoms with E-state index in [0.717, 1.165) is 29.0 Å². The van der Waals surface area contributed by atoms with Gasteiger partial charge < -0.3 is 10.7 Å². The van der Waals surface area contributed by atoms with Crippen molar-refractivity contribution in [3.63, 3.8) is 0 Å². The highest BCUT2D eigenvalue weighted by Gasteiger charge is 2.10. The second-order valence-corrected chi connectivity index (χ2v) is 4.51. The van der Waals surface area contributed by atoms with E-state index in [-0.39, 0.29) is 18.4 Å². The molecule has 0 aliphatic heterocycles. The van der Waals surface area contributed by atoms with Gasteiger partial charge in [0.15, 0.2) is 0 Å². The largest absolute Gasteiger partial charge is 0.341 e. The topological polar surface area (TPSA) is 54.7 Å². The molecule has 0 amide bonds. The lowest BCUT2D eigenvalue weighted by Gasteiger charge is -2.06. The average molecular weight is 258 g/mol. The number of thioether (sulfide) groups is 1. The SMILES string of the molecule is CSCCC(N)c1nc2ccccc2[nH]1.Cl. The molecule has 0 saturated heterocycles. The van der Waals surface area contributed by atoms with E-state index in [0.29, 0.717) is 0 Å². The number of imidazole rings is 1. The van der Waals surface area contributed by atoms with Crippen LogP contribution in [0.25, 0.3) is 11.0 Å². The number of hydrogen-bond donors (Lipinski definition) is 2. The van der Waals surface area contributed by atoms with Gasteiger partial charge in [-0.05, 0) is 30.6 Å². The van der Waals surface area contributed by atoms with Crippen LogP contribution in [0.3, 0.4) is 0 Å². The summed E-state index contributed by atoms with van der Waals surface area (Å²) in [4.78, 5) is 7.73. The summed E-state index contributed by atoms with van der Waals surface area (Å²) in [6.07, 6.45) is 3.05. The van der Waals surface area contributed by atoms with Crippen molar-refractivity contribution < 1.29 is 0 Å². The molecule has 2 rings (SSSR count). The lowest BCUT2D eigenvalue weighted by atomic mass is 10.2. The molecule has 1 aromatic carbocycles. The van der Waals surface area contributed by atoms with E-state index in [1.165, 1.54) is 0 Å². The predicted molar refractivity (Wildman–Crippen MR) is 73.3 cm³/mol. The number of nitrogens with zero attached hydrogens (tertiary/aromatic N) is 1. The molecule has 1 atom stereocenters. The fourth-order valence-corrected chi connectivity index (χ4v) is 2.02. The second-order valence-electron chi connectivity index (χ2n) is 3.53. The minimum atomic E-state index is 0. The first-order chi connectivity index (χ1) is 7.31.